The van der Waals surface area contributed by atoms with Gasteiger partial charge in [-0.3, -0.25) is 4.79 Å². The zero-order valence-corrected chi connectivity index (χ0v) is 14.6. The molecule has 1 saturated carbocycles. The van der Waals surface area contributed by atoms with E-state index in [4.69, 9.17) is 4.74 Å². The summed E-state index contributed by atoms with van der Waals surface area (Å²) in [5.41, 5.74) is 0.790. The predicted molar refractivity (Wildman–Crippen MR) is 94.2 cm³/mol. The molecule has 1 aliphatic rings. The van der Waals surface area contributed by atoms with Crippen LogP contribution in [-0.4, -0.2) is 17.1 Å². The molecule has 0 bridgehead atoms. The largest absolute Gasteiger partial charge is 0.462 e. The SMILES string of the molecule is CCOC(=O)c1cn(CC2CCC2)c2ccc(I)cc2c1=O. The monoisotopic (exact) mass is 411 g/mol. The van der Waals surface area contributed by atoms with Crippen LogP contribution in [0.4, 0.5) is 0 Å². The summed E-state index contributed by atoms with van der Waals surface area (Å²) in [5.74, 6) is 0.107. The molecule has 0 atom stereocenters. The lowest BCUT2D eigenvalue weighted by Crippen LogP contribution is -2.24. The molecule has 1 fully saturated rings. The number of carbonyl (C=O) groups is 1. The van der Waals surface area contributed by atoms with Crippen molar-refractivity contribution in [2.24, 2.45) is 5.92 Å². The second kappa shape index (κ2) is 6.40. The lowest BCUT2D eigenvalue weighted by atomic mass is 9.85. The summed E-state index contributed by atoms with van der Waals surface area (Å²) >= 11 is 2.18. The molecule has 0 spiro atoms. The van der Waals surface area contributed by atoms with E-state index in [2.05, 4.69) is 22.6 Å². The van der Waals surface area contributed by atoms with Gasteiger partial charge in [0.15, 0.2) is 0 Å². The third-order valence-electron chi connectivity index (χ3n) is 4.22. The summed E-state index contributed by atoms with van der Waals surface area (Å²) in [7, 11) is 0. The van der Waals surface area contributed by atoms with Crippen LogP contribution in [-0.2, 0) is 11.3 Å². The molecular weight excluding hydrogens is 393 g/mol. The Balaban J connectivity index is 2.16. The van der Waals surface area contributed by atoms with Gasteiger partial charge in [0.25, 0.3) is 0 Å². The Morgan fingerprint density at radius 2 is 2.18 bits per heavy atom. The average molecular weight is 411 g/mol. The Labute approximate surface area is 142 Å². The molecule has 1 heterocycles. The van der Waals surface area contributed by atoms with E-state index in [0.29, 0.717) is 11.3 Å². The average Bonchev–Trinajstić information content (AvgIpc) is 2.45. The maximum absolute atomic E-state index is 12.6. The Morgan fingerprint density at radius 3 is 2.82 bits per heavy atom. The summed E-state index contributed by atoms with van der Waals surface area (Å²) in [6.45, 7) is 2.86. The molecule has 0 saturated heterocycles. The van der Waals surface area contributed by atoms with Crippen LogP contribution in [0.2, 0.25) is 0 Å². The summed E-state index contributed by atoms with van der Waals surface area (Å²) in [4.78, 5) is 24.7. The van der Waals surface area contributed by atoms with Crippen LogP contribution < -0.4 is 5.43 Å². The fraction of sp³-hybridized carbons (Fsp3) is 0.412. The second-order valence-corrected chi connectivity index (χ2v) is 6.95. The third kappa shape index (κ3) is 2.91. The van der Waals surface area contributed by atoms with Crippen molar-refractivity contribution in [3.63, 3.8) is 0 Å². The van der Waals surface area contributed by atoms with E-state index in [1.165, 1.54) is 19.3 Å². The number of carbonyl (C=O) groups excluding carboxylic acids is 1. The molecule has 4 nitrogen and oxygen atoms in total. The highest BCUT2D eigenvalue weighted by molar-refractivity contribution is 14.1. The highest BCUT2D eigenvalue weighted by Crippen LogP contribution is 2.29. The number of fused-ring (bicyclic) bond motifs is 1. The number of esters is 1. The van der Waals surface area contributed by atoms with E-state index in [1.807, 2.05) is 22.8 Å². The topological polar surface area (TPSA) is 48.3 Å². The van der Waals surface area contributed by atoms with Crippen molar-refractivity contribution in [1.82, 2.24) is 4.57 Å². The van der Waals surface area contributed by atoms with Crippen LogP contribution in [0, 0.1) is 9.49 Å². The van der Waals surface area contributed by atoms with E-state index in [1.54, 1.807) is 13.1 Å². The van der Waals surface area contributed by atoms with Crippen LogP contribution in [0.5, 0.6) is 0 Å². The van der Waals surface area contributed by atoms with Crippen LogP contribution in [0.25, 0.3) is 10.9 Å². The van der Waals surface area contributed by atoms with Crippen molar-refractivity contribution in [2.45, 2.75) is 32.7 Å². The van der Waals surface area contributed by atoms with Gasteiger partial charge in [-0.1, -0.05) is 6.42 Å². The van der Waals surface area contributed by atoms with E-state index in [0.717, 1.165) is 15.6 Å². The number of rotatable bonds is 4. The molecule has 3 rings (SSSR count). The Bertz CT molecular complexity index is 777. The maximum Gasteiger partial charge on any atom is 0.343 e. The van der Waals surface area contributed by atoms with Gasteiger partial charge in [0.2, 0.25) is 5.43 Å². The highest BCUT2D eigenvalue weighted by Gasteiger charge is 2.21. The molecule has 22 heavy (non-hydrogen) atoms. The van der Waals surface area contributed by atoms with Crippen molar-refractivity contribution in [1.29, 1.82) is 0 Å². The van der Waals surface area contributed by atoms with E-state index in [-0.39, 0.29) is 17.6 Å². The summed E-state index contributed by atoms with van der Waals surface area (Å²) in [6, 6.07) is 5.80. The quantitative estimate of drug-likeness (QED) is 0.571. The minimum absolute atomic E-state index is 0.135. The standard InChI is InChI=1S/C17H18INO3/c1-2-22-17(21)14-10-19(9-11-4-3-5-11)15-7-6-12(18)8-13(15)16(14)20/h6-8,10-11H,2-5,9H2,1H3. The zero-order chi connectivity index (χ0) is 15.7. The second-order valence-electron chi connectivity index (χ2n) is 5.70. The van der Waals surface area contributed by atoms with Crippen LogP contribution >= 0.6 is 22.6 Å². The lowest BCUT2D eigenvalue weighted by molar-refractivity contribution is 0.0524. The minimum Gasteiger partial charge on any atom is -0.462 e. The van der Waals surface area contributed by atoms with Crippen molar-refractivity contribution in [3.8, 4) is 0 Å². The normalized spacial score (nSPS) is 14.8. The number of hydrogen-bond donors (Lipinski definition) is 0. The first kappa shape index (κ1) is 15.5. The number of benzene rings is 1. The Hall–Kier alpha value is -1.37. The molecule has 116 valence electrons. The van der Waals surface area contributed by atoms with E-state index < -0.39 is 5.97 Å². The van der Waals surface area contributed by atoms with Gasteiger partial charge in [0.05, 0.1) is 12.1 Å². The molecule has 0 N–H and O–H groups in total. The van der Waals surface area contributed by atoms with E-state index in [9.17, 15) is 9.59 Å². The first-order chi connectivity index (χ1) is 10.6. The van der Waals surface area contributed by atoms with Gasteiger partial charge in [-0.15, -0.1) is 0 Å². The van der Waals surface area contributed by atoms with Gasteiger partial charge in [-0.2, -0.15) is 0 Å². The molecule has 0 aliphatic heterocycles. The molecule has 0 unspecified atom stereocenters. The molecule has 1 aromatic heterocycles. The zero-order valence-electron chi connectivity index (χ0n) is 12.5. The molecule has 1 aromatic carbocycles. The highest BCUT2D eigenvalue weighted by atomic mass is 127. The number of pyridine rings is 1. The summed E-state index contributed by atoms with van der Waals surface area (Å²) in [5, 5.41) is 0.594. The van der Waals surface area contributed by atoms with Crippen LogP contribution in [0.3, 0.4) is 0 Å². The first-order valence-corrected chi connectivity index (χ1v) is 8.68. The molecule has 0 radical (unpaired) electrons. The van der Waals surface area contributed by atoms with Crippen LogP contribution in [0.15, 0.2) is 29.2 Å². The number of aromatic nitrogens is 1. The van der Waals surface area contributed by atoms with E-state index >= 15 is 0 Å². The molecular formula is C17H18INO3. The summed E-state index contributed by atoms with van der Waals surface area (Å²) in [6.07, 6.45) is 5.37. The maximum atomic E-state index is 12.6. The third-order valence-corrected chi connectivity index (χ3v) is 4.89. The van der Waals surface area contributed by atoms with Gasteiger partial charge >= 0.3 is 5.97 Å². The fourth-order valence-electron chi connectivity index (χ4n) is 2.83. The number of halogens is 1. The van der Waals surface area contributed by atoms with Crippen LogP contribution in [0.1, 0.15) is 36.5 Å². The minimum atomic E-state index is -0.532. The number of nitrogens with zero attached hydrogens (tertiary/aromatic N) is 1. The van der Waals surface area contributed by atoms with Crippen molar-refractivity contribution in [2.75, 3.05) is 6.61 Å². The van der Waals surface area contributed by atoms with Gasteiger partial charge in [-0.05, 0) is 66.5 Å². The van der Waals surface area contributed by atoms with Gasteiger partial charge in [0.1, 0.15) is 5.56 Å². The first-order valence-electron chi connectivity index (χ1n) is 7.60. The number of ether oxygens (including phenoxy) is 1. The smallest absolute Gasteiger partial charge is 0.343 e. The van der Waals surface area contributed by atoms with Crippen molar-refractivity contribution < 1.29 is 9.53 Å². The number of hydrogen-bond acceptors (Lipinski definition) is 3. The summed E-state index contributed by atoms with van der Waals surface area (Å²) < 4.78 is 8.06. The molecule has 0 amide bonds. The van der Waals surface area contributed by atoms with Gasteiger partial charge in [0, 0.05) is 21.7 Å². The predicted octanol–water partition coefficient (Wildman–Crippen LogP) is 3.58. The fourth-order valence-corrected chi connectivity index (χ4v) is 3.32. The Morgan fingerprint density at radius 1 is 1.41 bits per heavy atom. The van der Waals surface area contributed by atoms with Crippen molar-refractivity contribution in [3.05, 3.63) is 43.8 Å². The molecule has 2 aromatic rings. The molecule has 5 heteroatoms. The van der Waals surface area contributed by atoms with Gasteiger partial charge < -0.3 is 9.30 Å². The lowest BCUT2D eigenvalue weighted by Gasteiger charge is -2.27. The van der Waals surface area contributed by atoms with Gasteiger partial charge in [-0.25, -0.2) is 4.79 Å². The van der Waals surface area contributed by atoms with Crippen molar-refractivity contribution >= 4 is 39.5 Å². The Kier molecular flexibility index (Phi) is 4.52. The molecule has 1 aliphatic carbocycles.